The number of hydrogen-bond donors (Lipinski definition) is 0. The topological polar surface area (TPSA) is 43.4 Å². The summed E-state index contributed by atoms with van der Waals surface area (Å²) in [6.45, 7) is 7.14. The minimum atomic E-state index is 0.0450. The van der Waals surface area contributed by atoms with Gasteiger partial charge in [0.1, 0.15) is 6.10 Å². The molecule has 0 heterocycles. The first-order chi connectivity index (χ1) is 16.4. The lowest BCUT2D eigenvalue weighted by atomic mass is 9.47. The predicted molar refractivity (Wildman–Crippen MR) is 138 cm³/mol. The summed E-state index contributed by atoms with van der Waals surface area (Å²) in [6, 6.07) is 0. The first-order valence-corrected chi connectivity index (χ1v) is 14.8. The number of unbranched alkanes of at least 4 members (excludes halogenated alkanes) is 8. The average molecular weight is 471 g/mol. The predicted octanol–water partition coefficient (Wildman–Crippen LogP) is 8.35. The Morgan fingerprint density at radius 1 is 0.882 bits per heavy atom. The van der Waals surface area contributed by atoms with Crippen LogP contribution in [0.25, 0.3) is 0 Å². The number of hydrogen-bond acceptors (Lipinski definition) is 3. The second-order valence-electron chi connectivity index (χ2n) is 12.6. The molecule has 3 fully saturated rings. The van der Waals surface area contributed by atoms with Gasteiger partial charge in [-0.05, 0) is 80.6 Å². The normalized spacial score (nSPS) is 36.9. The van der Waals surface area contributed by atoms with Crippen molar-refractivity contribution in [3.63, 3.8) is 0 Å². The average Bonchev–Trinajstić information content (AvgIpc) is 3.14. The zero-order valence-corrected chi connectivity index (χ0v) is 22.3. The van der Waals surface area contributed by atoms with E-state index in [9.17, 15) is 9.59 Å². The van der Waals surface area contributed by atoms with Crippen molar-refractivity contribution in [2.24, 2.45) is 28.6 Å². The quantitative estimate of drug-likeness (QED) is 0.225. The fraction of sp³-hybridized carbons (Fsp3) is 0.871. The molecule has 3 saturated carbocycles. The standard InChI is InChI=1S/C31H50O3/c1-4-5-6-7-8-9-10-11-12-13-29(33)34-28-17-16-26-25-15-14-23-22-24(32)18-20-30(23,2)27(25)19-21-31(26,28)3/h22,25-28H,4-21H2,1-3H3/t25-,26?,27?,28-,30-,31-/m0/s1. The van der Waals surface area contributed by atoms with Crippen LogP contribution in [0.5, 0.6) is 0 Å². The van der Waals surface area contributed by atoms with E-state index in [1.807, 2.05) is 6.08 Å². The van der Waals surface area contributed by atoms with Gasteiger partial charge in [0.05, 0.1) is 0 Å². The Kier molecular flexibility index (Phi) is 8.62. The number of fused-ring (bicyclic) bond motifs is 5. The van der Waals surface area contributed by atoms with E-state index < -0.39 is 0 Å². The number of allylic oxidation sites excluding steroid dienone is 1. The minimum Gasteiger partial charge on any atom is -0.462 e. The van der Waals surface area contributed by atoms with E-state index in [2.05, 4.69) is 20.8 Å². The Morgan fingerprint density at radius 2 is 1.59 bits per heavy atom. The van der Waals surface area contributed by atoms with Gasteiger partial charge in [-0.3, -0.25) is 9.59 Å². The summed E-state index contributed by atoms with van der Waals surface area (Å²) in [5, 5.41) is 0. The third-order valence-corrected chi connectivity index (χ3v) is 10.6. The zero-order chi connectivity index (χ0) is 24.2. The van der Waals surface area contributed by atoms with E-state index >= 15 is 0 Å². The molecular weight excluding hydrogens is 420 g/mol. The van der Waals surface area contributed by atoms with Crippen molar-refractivity contribution >= 4 is 11.8 Å². The molecule has 0 N–H and O–H groups in total. The van der Waals surface area contributed by atoms with Gasteiger partial charge in [0.2, 0.25) is 0 Å². The number of carbonyl (C=O) groups is 2. The van der Waals surface area contributed by atoms with Gasteiger partial charge in [-0.2, -0.15) is 0 Å². The summed E-state index contributed by atoms with van der Waals surface area (Å²) in [7, 11) is 0. The Bertz CT molecular complexity index is 754. The molecule has 4 rings (SSSR count). The molecular formula is C31H50O3. The number of esters is 1. The zero-order valence-electron chi connectivity index (χ0n) is 22.3. The summed E-state index contributed by atoms with van der Waals surface area (Å²) >= 11 is 0. The number of rotatable bonds is 11. The molecule has 2 unspecified atom stereocenters. The highest BCUT2D eigenvalue weighted by molar-refractivity contribution is 5.91. The molecule has 0 amide bonds. The third-order valence-electron chi connectivity index (χ3n) is 10.6. The van der Waals surface area contributed by atoms with Gasteiger partial charge in [-0.1, -0.05) is 77.7 Å². The molecule has 0 bridgehead atoms. The van der Waals surface area contributed by atoms with Gasteiger partial charge in [0, 0.05) is 18.3 Å². The van der Waals surface area contributed by atoms with Gasteiger partial charge < -0.3 is 4.74 Å². The van der Waals surface area contributed by atoms with Crippen LogP contribution in [-0.4, -0.2) is 17.9 Å². The first kappa shape index (κ1) is 26.0. The number of carbonyl (C=O) groups excluding carboxylic acids is 2. The fourth-order valence-corrected chi connectivity index (χ4v) is 8.50. The molecule has 0 aromatic rings. The van der Waals surface area contributed by atoms with E-state index in [0.717, 1.165) is 44.4 Å². The lowest BCUT2D eigenvalue weighted by molar-refractivity contribution is -0.160. The molecule has 34 heavy (non-hydrogen) atoms. The van der Waals surface area contributed by atoms with Crippen LogP contribution < -0.4 is 0 Å². The van der Waals surface area contributed by atoms with Crippen LogP contribution in [0, 0.1) is 28.6 Å². The van der Waals surface area contributed by atoms with E-state index in [0.29, 0.717) is 24.0 Å². The Balaban J connectivity index is 1.24. The molecule has 4 aliphatic carbocycles. The Hall–Kier alpha value is -1.12. The van der Waals surface area contributed by atoms with Crippen LogP contribution in [0.15, 0.2) is 11.6 Å². The second kappa shape index (κ2) is 11.3. The lowest BCUT2D eigenvalue weighted by Crippen LogP contribution is -2.51. The lowest BCUT2D eigenvalue weighted by Gasteiger charge is -2.57. The van der Waals surface area contributed by atoms with Crippen molar-refractivity contribution in [3.8, 4) is 0 Å². The third kappa shape index (κ3) is 5.34. The molecule has 0 aromatic heterocycles. The number of ketones is 1. The maximum Gasteiger partial charge on any atom is 0.306 e. The highest BCUT2D eigenvalue weighted by atomic mass is 16.5. The van der Waals surface area contributed by atoms with Gasteiger partial charge in [0.25, 0.3) is 0 Å². The molecule has 6 atom stereocenters. The molecule has 0 spiro atoms. The Labute approximate surface area is 208 Å². The maximum atomic E-state index is 12.7. The van der Waals surface area contributed by atoms with Crippen LogP contribution in [-0.2, 0) is 14.3 Å². The van der Waals surface area contributed by atoms with Crippen molar-refractivity contribution in [2.45, 2.75) is 142 Å². The van der Waals surface area contributed by atoms with Crippen molar-refractivity contribution in [1.29, 1.82) is 0 Å². The monoisotopic (exact) mass is 470 g/mol. The Morgan fingerprint density at radius 3 is 2.32 bits per heavy atom. The molecule has 4 aliphatic rings. The summed E-state index contributed by atoms with van der Waals surface area (Å²) in [5.74, 6) is 2.49. The smallest absolute Gasteiger partial charge is 0.306 e. The van der Waals surface area contributed by atoms with Crippen molar-refractivity contribution in [1.82, 2.24) is 0 Å². The SMILES string of the molecule is CCCCCCCCCCCC(=O)O[C@H]1CCC2[C@@H]3CCC4=CC(=O)CC[C@]4(C)C3CC[C@@]21C. The van der Waals surface area contributed by atoms with Gasteiger partial charge in [0.15, 0.2) is 5.78 Å². The summed E-state index contributed by atoms with van der Waals surface area (Å²) in [5.41, 5.74) is 1.82. The van der Waals surface area contributed by atoms with Crippen molar-refractivity contribution in [3.05, 3.63) is 11.6 Å². The highest BCUT2D eigenvalue weighted by Gasteiger charge is 2.59. The number of ether oxygens (including phenoxy) is 1. The minimum absolute atomic E-state index is 0.0450. The summed E-state index contributed by atoms with van der Waals surface area (Å²) in [4.78, 5) is 24.8. The van der Waals surface area contributed by atoms with E-state index in [4.69, 9.17) is 4.74 Å². The maximum absolute atomic E-state index is 12.7. The molecule has 0 aliphatic heterocycles. The van der Waals surface area contributed by atoms with E-state index in [1.165, 1.54) is 76.2 Å². The summed E-state index contributed by atoms with van der Waals surface area (Å²) < 4.78 is 6.19. The van der Waals surface area contributed by atoms with Crippen LogP contribution in [0.1, 0.15) is 136 Å². The van der Waals surface area contributed by atoms with Crippen molar-refractivity contribution < 1.29 is 14.3 Å². The van der Waals surface area contributed by atoms with Gasteiger partial charge >= 0.3 is 5.97 Å². The van der Waals surface area contributed by atoms with E-state index in [-0.39, 0.29) is 22.9 Å². The molecule has 3 heteroatoms. The second-order valence-corrected chi connectivity index (χ2v) is 12.6. The van der Waals surface area contributed by atoms with Crippen LogP contribution in [0.2, 0.25) is 0 Å². The molecule has 3 nitrogen and oxygen atoms in total. The largest absolute Gasteiger partial charge is 0.462 e. The fourth-order valence-electron chi connectivity index (χ4n) is 8.50. The van der Waals surface area contributed by atoms with Crippen LogP contribution in [0.4, 0.5) is 0 Å². The molecule has 0 aromatic carbocycles. The van der Waals surface area contributed by atoms with Gasteiger partial charge in [-0.15, -0.1) is 0 Å². The first-order valence-electron chi connectivity index (χ1n) is 14.8. The van der Waals surface area contributed by atoms with Crippen molar-refractivity contribution in [2.75, 3.05) is 0 Å². The molecule has 0 radical (unpaired) electrons. The van der Waals surface area contributed by atoms with Crippen LogP contribution in [0.3, 0.4) is 0 Å². The highest BCUT2D eigenvalue weighted by Crippen LogP contribution is 2.65. The van der Waals surface area contributed by atoms with E-state index in [1.54, 1.807) is 0 Å². The molecule has 0 saturated heterocycles. The van der Waals surface area contributed by atoms with Gasteiger partial charge in [-0.25, -0.2) is 0 Å². The molecule has 192 valence electrons. The van der Waals surface area contributed by atoms with Crippen LogP contribution >= 0.6 is 0 Å². The summed E-state index contributed by atoms with van der Waals surface area (Å²) in [6.07, 6.45) is 22.9.